The van der Waals surface area contributed by atoms with Gasteiger partial charge in [-0.2, -0.15) is 0 Å². The summed E-state index contributed by atoms with van der Waals surface area (Å²) in [5.41, 5.74) is 1.84. The van der Waals surface area contributed by atoms with Crippen molar-refractivity contribution < 1.29 is 4.74 Å². The average molecular weight is 305 g/mol. The normalized spacial score (nSPS) is 14.3. The first-order valence-corrected chi connectivity index (χ1v) is 8.07. The SMILES string of the molecule is c1ccc(COc2cccc3ccc(N4CCCC4)nc23)nc1. The summed E-state index contributed by atoms with van der Waals surface area (Å²) in [7, 11) is 0. The predicted molar refractivity (Wildman–Crippen MR) is 91.8 cm³/mol. The van der Waals surface area contributed by atoms with E-state index in [2.05, 4.69) is 28.1 Å². The maximum atomic E-state index is 5.98. The van der Waals surface area contributed by atoms with E-state index in [4.69, 9.17) is 9.72 Å². The predicted octanol–water partition coefficient (Wildman–Crippen LogP) is 3.81. The number of rotatable bonds is 4. The second kappa shape index (κ2) is 6.24. The van der Waals surface area contributed by atoms with E-state index in [0.29, 0.717) is 6.61 Å². The van der Waals surface area contributed by atoms with Crippen molar-refractivity contribution in [1.82, 2.24) is 9.97 Å². The van der Waals surface area contributed by atoms with Crippen LogP contribution < -0.4 is 9.64 Å². The topological polar surface area (TPSA) is 38.2 Å². The third kappa shape index (κ3) is 2.97. The summed E-state index contributed by atoms with van der Waals surface area (Å²) in [4.78, 5) is 11.5. The number of benzene rings is 1. The Balaban J connectivity index is 1.64. The van der Waals surface area contributed by atoms with Gasteiger partial charge >= 0.3 is 0 Å². The third-order valence-electron chi connectivity index (χ3n) is 4.20. The molecular formula is C19H19N3O. The van der Waals surface area contributed by atoms with Gasteiger partial charge in [-0.25, -0.2) is 4.98 Å². The zero-order valence-corrected chi connectivity index (χ0v) is 13.0. The number of ether oxygens (including phenoxy) is 1. The van der Waals surface area contributed by atoms with E-state index in [9.17, 15) is 0 Å². The van der Waals surface area contributed by atoms with Crippen LogP contribution in [0.3, 0.4) is 0 Å². The molecule has 0 amide bonds. The summed E-state index contributed by atoms with van der Waals surface area (Å²) < 4.78 is 5.98. The second-order valence-electron chi connectivity index (χ2n) is 5.80. The van der Waals surface area contributed by atoms with Gasteiger partial charge in [0, 0.05) is 24.7 Å². The zero-order valence-electron chi connectivity index (χ0n) is 13.0. The largest absolute Gasteiger partial charge is 0.485 e. The number of nitrogens with zero attached hydrogens (tertiary/aromatic N) is 3. The molecule has 0 N–H and O–H groups in total. The summed E-state index contributed by atoms with van der Waals surface area (Å²) in [5.74, 6) is 1.86. The Bertz CT molecular complexity index is 798. The van der Waals surface area contributed by atoms with Crippen molar-refractivity contribution in [3.05, 3.63) is 60.4 Å². The van der Waals surface area contributed by atoms with Crippen molar-refractivity contribution in [1.29, 1.82) is 0 Å². The third-order valence-corrected chi connectivity index (χ3v) is 4.20. The van der Waals surface area contributed by atoms with E-state index in [-0.39, 0.29) is 0 Å². The van der Waals surface area contributed by atoms with E-state index in [1.165, 1.54) is 12.8 Å². The minimum absolute atomic E-state index is 0.454. The summed E-state index contributed by atoms with van der Waals surface area (Å²) in [6.07, 6.45) is 4.28. The summed E-state index contributed by atoms with van der Waals surface area (Å²) >= 11 is 0. The molecule has 4 nitrogen and oxygen atoms in total. The van der Waals surface area contributed by atoms with Gasteiger partial charge in [-0.05, 0) is 43.2 Å². The zero-order chi connectivity index (χ0) is 15.5. The van der Waals surface area contributed by atoms with Crippen LogP contribution >= 0.6 is 0 Å². The fraction of sp³-hybridized carbons (Fsp3) is 0.263. The Morgan fingerprint density at radius 1 is 0.957 bits per heavy atom. The fourth-order valence-electron chi connectivity index (χ4n) is 2.98. The minimum Gasteiger partial charge on any atom is -0.485 e. The number of hydrogen-bond donors (Lipinski definition) is 0. The van der Waals surface area contributed by atoms with E-state index in [1.807, 2.05) is 30.3 Å². The molecule has 1 saturated heterocycles. The van der Waals surface area contributed by atoms with Crippen molar-refractivity contribution in [3.8, 4) is 5.75 Å². The Morgan fingerprint density at radius 3 is 2.70 bits per heavy atom. The summed E-state index contributed by atoms with van der Waals surface area (Å²) in [6, 6.07) is 16.1. The molecule has 0 unspecified atom stereocenters. The quantitative estimate of drug-likeness (QED) is 0.734. The molecule has 1 fully saturated rings. The van der Waals surface area contributed by atoms with Crippen LogP contribution in [0.5, 0.6) is 5.75 Å². The molecule has 0 atom stereocenters. The highest BCUT2D eigenvalue weighted by Crippen LogP contribution is 2.28. The highest BCUT2D eigenvalue weighted by Gasteiger charge is 2.14. The van der Waals surface area contributed by atoms with Crippen LogP contribution in [0.2, 0.25) is 0 Å². The van der Waals surface area contributed by atoms with Gasteiger partial charge in [0.15, 0.2) is 0 Å². The first kappa shape index (κ1) is 14.0. The first-order chi connectivity index (χ1) is 11.4. The number of anilines is 1. The molecule has 3 heterocycles. The molecule has 0 radical (unpaired) electrons. The molecule has 1 aromatic carbocycles. The van der Waals surface area contributed by atoms with Crippen LogP contribution in [-0.4, -0.2) is 23.1 Å². The number of para-hydroxylation sites is 1. The Morgan fingerprint density at radius 2 is 1.87 bits per heavy atom. The first-order valence-electron chi connectivity index (χ1n) is 8.07. The van der Waals surface area contributed by atoms with Crippen molar-refractivity contribution in [3.63, 3.8) is 0 Å². The molecule has 1 aliphatic heterocycles. The number of pyridine rings is 2. The average Bonchev–Trinajstić information content (AvgIpc) is 3.15. The lowest BCUT2D eigenvalue weighted by atomic mass is 10.2. The monoisotopic (exact) mass is 305 g/mol. The van der Waals surface area contributed by atoms with Gasteiger partial charge in [0.1, 0.15) is 23.7 Å². The number of hydrogen-bond acceptors (Lipinski definition) is 4. The molecule has 4 heteroatoms. The highest BCUT2D eigenvalue weighted by molar-refractivity contribution is 5.86. The molecule has 0 saturated carbocycles. The van der Waals surface area contributed by atoms with Gasteiger partial charge in [0.2, 0.25) is 0 Å². The maximum Gasteiger partial charge on any atom is 0.146 e. The van der Waals surface area contributed by atoms with Gasteiger partial charge in [-0.3, -0.25) is 4.98 Å². The maximum absolute atomic E-state index is 5.98. The molecule has 0 bridgehead atoms. The van der Waals surface area contributed by atoms with Gasteiger partial charge in [0.05, 0.1) is 5.69 Å². The van der Waals surface area contributed by atoms with Gasteiger partial charge in [0.25, 0.3) is 0 Å². The van der Waals surface area contributed by atoms with Crippen LogP contribution in [0.15, 0.2) is 54.7 Å². The van der Waals surface area contributed by atoms with Gasteiger partial charge < -0.3 is 9.64 Å². The second-order valence-corrected chi connectivity index (χ2v) is 5.80. The molecule has 2 aromatic heterocycles. The summed E-state index contributed by atoms with van der Waals surface area (Å²) in [5, 5.41) is 1.10. The molecular weight excluding hydrogens is 286 g/mol. The standard InChI is InChI=1S/C19H19N3O/c1-2-11-20-16(7-1)14-23-17-8-5-6-15-9-10-18(21-19(15)17)22-12-3-4-13-22/h1-2,5-11H,3-4,12-14H2. The van der Waals surface area contributed by atoms with Gasteiger partial charge in [-0.1, -0.05) is 18.2 Å². The van der Waals surface area contributed by atoms with Gasteiger partial charge in [-0.15, -0.1) is 0 Å². The van der Waals surface area contributed by atoms with E-state index < -0.39 is 0 Å². The lowest BCUT2D eigenvalue weighted by Gasteiger charge is -2.17. The smallest absolute Gasteiger partial charge is 0.146 e. The molecule has 116 valence electrons. The van der Waals surface area contributed by atoms with Crippen LogP contribution in [0.4, 0.5) is 5.82 Å². The number of fused-ring (bicyclic) bond motifs is 1. The number of aromatic nitrogens is 2. The van der Waals surface area contributed by atoms with E-state index in [0.717, 1.165) is 41.3 Å². The van der Waals surface area contributed by atoms with Crippen molar-refractivity contribution in [2.75, 3.05) is 18.0 Å². The van der Waals surface area contributed by atoms with Crippen molar-refractivity contribution in [2.45, 2.75) is 19.4 Å². The Hall–Kier alpha value is -2.62. The Kier molecular flexibility index (Phi) is 3.80. The molecule has 4 rings (SSSR count). The molecule has 23 heavy (non-hydrogen) atoms. The Labute approximate surface area is 135 Å². The molecule has 1 aliphatic rings. The van der Waals surface area contributed by atoms with Crippen molar-refractivity contribution >= 4 is 16.7 Å². The molecule has 0 aliphatic carbocycles. The molecule has 3 aromatic rings. The minimum atomic E-state index is 0.454. The van der Waals surface area contributed by atoms with Crippen LogP contribution in [0, 0.1) is 0 Å². The highest BCUT2D eigenvalue weighted by atomic mass is 16.5. The van der Waals surface area contributed by atoms with Crippen LogP contribution in [0.25, 0.3) is 10.9 Å². The van der Waals surface area contributed by atoms with E-state index in [1.54, 1.807) is 6.20 Å². The molecule has 0 spiro atoms. The van der Waals surface area contributed by atoms with Crippen LogP contribution in [-0.2, 0) is 6.61 Å². The summed E-state index contributed by atoms with van der Waals surface area (Å²) in [6.45, 7) is 2.64. The van der Waals surface area contributed by atoms with Crippen LogP contribution in [0.1, 0.15) is 18.5 Å². The van der Waals surface area contributed by atoms with Crippen molar-refractivity contribution in [2.24, 2.45) is 0 Å². The fourth-order valence-corrected chi connectivity index (χ4v) is 2.98. The lowest BCUT2D eigenvalue weighted by Crippen LogP contribution is -2.18. The van der Waals surface area contributed by atoms with E-state index >= 15 is 0 Å². The lowest BCUT2D eigenvalue weighted by molar-refractivity contribution is 0.304.